The van der Waals surface area contributed by atoms with Crippen LogP contribution in [0, 0.1) is 6.92 Å². The Balaban J connectivity index is 2.09. The molecular formula is C14H20N2S. The monoisotopic (exact) mass is 248 g/mol. The molecule has 0 saturated carbocycles. The van der Waals surface area contributed by atoms with E-state index in [4.69, 9.17) is 0 Å². The molecule has 0 aromatic heterocycles. The molecule has 1 aromatic carbocycles. The fraction of sp³-hybridized carbons (Fsp3) is 0.500. The molecule has 1 unspecified atom stereocenters. The molecule has 1 N–H and O–H groups in total. The van der Waals surface area contributed by atoms with Crippen molar-refractivity contribution < 1.29 is 0 Å². The molecule has 1 aromatic rings. The highest BCUT2D eigenvalue weighted by Gasteiger charge is 2.16. The normalized spacial score (nSPS) is 19.2. The lowest BCUT2D eigenvalue weighted by Gasteiger charge is -2.09. The van der Waals surface area contributed by atoms with Gasteiger partial charge in [-0.05, 0) is 43.0 Å². The summed E-state index contributed by atoms with van der Waals surface area (Å²) in [6.45, 7) is 6.55. The van der Waals surface area contributed by atoms with Crippen LogP contribution in [0.3, 0.4) is 0 Å². The average molecular weight is 248 g/mol. The maximum atomic E-state index is 4.65. The molecule has 0 fully saturated rings. The maximum Gasteiger partial charge on any atom is 0.161 e. The van der Waals surface area contributed by atoms with Crippen LogP contribution < -0.4 is 5.32 Å². The molecule has 3 heteroatoms. The second-order valence-corrected chi connectivity index (χ2v) is 5.44. The third kappa shape index (κ3) is 3.03. The molecule has 0 bridgehead atoms. The Bertz CT molecular complexity index is 426. The zero-order valence-electron chi connectivity index (χ0n) is 10.8. The maximum absolute atomic E-state index is 4.65. The summed E-state index contributed by atoms with van der Waals surface area (Å²) in [5.41, 5.74) is 3.94. The van der Waals surface area contributed by atoms with Gasteiger partial charge in [-0.2, -0.15) is 0 Å². The van der Waals surface area contributed by atoms with E-state index in [2.05, 4.69) is 49.3 Å². The highest BCUT2D eigenvalue weighted by Crippen LogP contribution is 2.23. The largest absolute Gasteiger partial charge is 0.335 e. The van der Waals surface area contributed by atoms with E-state index in [1.54, 1.807) is 0 Å². The number of aliphatic imine (C=N–C) groups is 1. The van der Waals surface area contributed by atoms with E-state index in [1.165, 1.54) is 11.1 Å². The van der Waals surface area contributed by atoms with Gasteiger partial charge in [0, 0.05) is 11.4 Å². The summed E-state index contributed by atoms with van der Waals surface area (Å²) in [7, 11) is 0. The molecule has 1 atom stereocenters. The number of anilines is 1. The summed E-state index contributed by atoms with van der Waals surface area (Å²) in [5, 5.41) is 4.49. The summed E-state index contributed by atoms with van der Waals surface area (Å²) in [5.74, 6) is 1.12. The Labute approximate surface area is 108 Å². The number of hydrogen-bond acceptors (Lipinski definition) is 3. The van der Waals surface area contributed by atoms with Crippen molar-refractivity contribution in [2.75, 3.05) is 11.1 Å². The molecular weight excluding hydrogens is 228 g/mol. The molecule has 0 radical (unpaired) electrons. The molecule has 0 aliphatic carbocycles. The molecule has 1 heterocycles. The first-order valence-electron chi connectivity index (χ1n) is 6.30. The van der Waals surface area contributed by atoms with Crippen LogP contribution in [0.25, 0.3) is 0 Å². The van der Waals surface area contributed by atoms with Crippen LogP contribution in [0.15, 0.2) is 23.2 Å². The summed E-state index contributed by atoms with van der Waals surface area (Å²) >= 11 is 1.83. The minimum atomic E-state index is 0.499. The number of aryl methyl sites for hydroxylation is 2. The standard InChI is InChI=1S/C14H20N2S/c1-4-11-8-13(7-6-10(11)3)16-14-15-12(5-2)9-17-14/h6-8,12H,4-5,9H2,1-3H3,(H,15,16). The third-order valence-corrected chi connectivity index (χ3v) is 4.20. The number of amidine groups is 1. The molecule has 0 amide bonds. The van der Waals surface area contributed by atoms with Crippen molar-refractivity contribution in [3.8, 4) is 0 Å². The Kier molecular flexibility index (Phi) is 4.11. The number of benzene rings is 1. The predicted molar refractivity (Wildman–Crippen MR) is 78.2 cm³/mol. The van der Waals surface area contributed by atoms with Crippen LogP contribution in [-0.2, 0) is 6.42 Å². The van der Waals surface area contributed by atoms with E-state index in [0.29, 0.717) is 6.04 Å². The smallest absolute Gasteiger partial charge is 0.161 e. The van der Waals surface area contributed by atoms with E-state index in [9.17, 15) is 0 Å². The van der Waals surface area contributed by atoms with Gasteiger partial charge in [-0.15, -0.1) is 0 Å². The quantitative estimate of drug-likeness (QED) is 0.878. The fourth-order valence-corrected chi connectivity index (χ4v) is 3.02. The topological polar surface area (TPSA) is 24.4 Å². The first-order chi connectivity index (χ1) is 8.22. The lowest BCUT2D eigenvalue weighted by molar-refractivity contribution is 0.738. The molecule has 1 aliphatic rings. The predicted octanol–water partition coefficient (Wildman–Crippen LogP) is 3.85. The SMILES string of the molecule is CCc1cc(NC2=NC(CC)CS2)ccc1C. The van der Waals surface area contributed by atoms with Gasteiger partial charge in [-0.1, -0.05) is 31.7 Å². The molecule has 1 aliphatic heterocycles. The van der Waals surface area contributed by atoms with Gasteiger partial charge in [-0.25, -0.2) is 0 Å². The second kappa shape index (κ2) is 5.58. The summed E-state index contributed by atoms with van der Waals surface area (Å²) in [6, 6.07) is 7.05. The Morgan fingerprint density at radius 3 is 2.88 bits per heavy atom. The fourth-order valence-electron chi connectivity index (χ4n) is 1.95. The zero-order chi connectivity index (χ0) is 12.3. The number of thioether (sulfide) groups is 1. The highest BCUT2D eigenvalue weighted by molar-refractivity contribution is 8.14. The van der Waals surface area contributed by atoms with Crippen molar-refractivity contribution in [1.82, 2.24) is 0 Å². The average Bonchev–Trinajstić information content (AvgIpc) is 2.79. The van der Waals surface area contributed by atoms with E-state index in [0.717, 1.165) is 29.4 Å². The molecule has 0 spiro atoms. The van der Waals surface area contributed by atoms with Gasteiger partial charge in [0.05, 0.1) is 6.04 Å². The van der Waals surface area contributed by atoms with Gasteiger partial charge in [-0.3, -0.25) is 4.99 Å². The molecule has 0 saturated heterocycles. The van der Waals surface area contributed by atoms with E-state index in [1.807, 2.05) is 11.8 Å². The summed E-state index contributed by atoms with van der Waals surface area (Å²) in [4.78, 5) is 4.65. The van der Waals surface area contributed by atoms with Crippen molar-refractivity contribution >= 4 is 22.6 Å². The second-order valence-electron chi connectivity index (χ2n) is 4.43. The molecule has 92 valence electrons. The lowest BCUT2D eigenvalue weighted by atomic mass is 10.1. The van der Waals surface area contributed by atoms with E-state index < -0.39 is 0 Å². The highest BCUT2D eigenvalue weighted by atomic mass is 32.2. The zero-order valence-corrected chi connectivity index (χ0v) is 11.6. The van der Waals surface area contributed by atoms with Crippen molar-refractivity contribution in [3.63, 3.8) is 0 Å². The number of nitrogens with one attached hydrogen (secondary N) is 1. The van der Waals surface area contributed by atoms with Crippen LogP contribution in [0.2, 0.25) is 0 Å². The van der Waals surface area contributed by atoms with Crippen LogP contribution >= 0.6 is 11.8 Å². The van der Waals surface area contributed by atoms with E-state index >= 15 is 0 Å². The first kappa shape index (κ1) is 12.5. The van der Waals surface area contributed by atoms with Gasteiger partial charge in [0.25, 0.3) is 0 Å². The minimum absolute atomic E-state index is 0.499. The number of nitrogens with zero attached hydrogens (tertiary/aromatic N) is 1. The first-order valence-corrected chi connectivity index (χ1v) is 7.28. The molecule has 2 rings (SSSR count). The lowest BCUT2D eigenvalue weighted by Crippen LogP contribution is -2.06. The van der Waals surface area contributed by atoms with E-state index in [-0.39, 0.29) is 0 Å². The van der Waals surface area contributed by atoms with Crippen molar-refractivity contribution in [3.05, 3.63) is 29.3 Å². The summed E-state index contributed by atoms with van der Waals surface area (Å²) in [6.07, 6.45) is 2.21. The number of hydrogen-bond donors (Lipinski definition) is 1. The van der Waals surface area contributed by atoms with Gasteiger partial charge in [0.1, 0.15) is 0 Å². The van der Waals surface area contributed by atoms with Crippen molar-refractivity contribution in [1.29, 1.82) is 0 Å². The van der Waals surface area contributed by atoms with Crippen molar-refractivity contribution in [2.45, 2.75) is 39.7 Å². The van der Waals surface area contributed by atoms with Crippen molar-refractivity contribution in [2.24, 2.45) is 4.99 Å². The Morgan fingerprint density at radius 2 is 2.24 bits per heavy atom. The Hall–Kier alpha value is -0.960. The van der Waals surface area contributed by atoms with Crippen LogP contribution in [-0.4, -0.2) is 17.0 Å². The minimum Gasteiger partial charge on any atom is -0.335 e. The summed E-state index contributed by atoms with van der Waals surface area (Å²) < 4.78 is 0. The third-order valence-electron chi connectivity index (χ3n) is 3.16. The Morgan fingerprint density at radius 1 is 1.41 bits per heavy atom. The van der Waals surface area contributed by atoms with Gasteiger partial charge in [0.2, 0.25) is 0 Å². The van der Waals surface area contributed by atoms with Gasteiger partial charge in [0.15, 0.2) is 5.17 Å². The molecule has 2 nitrogen and oxygen atoms in total. The van der Waals surface area contributed by atoms with Crippen LogP contribution in [0.1, 0.15) is 31.4 Å². The van der Waals surface area contributed by atoms with Crippen LogP contribution in [0.4, 0.5) is 5.69 Å². The van der Waals surface area contributed by atoms with Crippen LogP contribution in [0.5, 0.6) is 0 Å². The van der Waals surface area contributed by atoms with Gasteiger partial charge >= 0.3 is 0 Å². The number of rotatable bonds is 3. The van der Waals surface area contributed by atoms with Gasteiger partial charge < -0.3 is 5.32 Å². The molecule has 17 heavy (non-hydrogen) atoms.